The summed E-state index contributed by atoms with van der Waals surface area (Å²) in [5.41, 5.74) is 0.261. The fourth-order valence-corrected chi connectivity index (χ4v) is 12.2. The van der Waals surface area contributed by atoms with E-state index in [1.165, 1.54) is 81.4 Å². The van der Waals surface area contributed by atoms with E-state index in [9.17, 15) is 114 Å². The van der Waals surface area contributed by atoms with Gasteiger partial charge in [0.05, 0.1) is 48.3 Å². The van der Waals surface area contributed by atoms with Gasteiger partial charge in [-0.25, -0.2) is 28.8 Å². The van der Waals surface area contributed by atoms with Gasteiger partial charge in [-0.05, 0) is 232 Å². The second-order valence-corrected chi connectivity index (χ2v) is 29.9. The van der Waals surface area contributed by atoms with Crippen molar-refractivity contribution in [1.82, 2.24) is 0 Å². The molecule has 0 saturated carbocycles. The molecule has 10 rings (SSSR count). The first-order valence-corrected chi connectivity index (χ1v) is 40.6. The molecule has 38 heteroatoms. The Balaban J connectivity index is 0.000000308. The molecule has 0 unspecified atom stereocenters. The number of rotatable bonds is 43. The Labute approximate surface area is 766 Å². The van der Waals surface area contributed by atoms with Crippen LogP contribution in [-0.4, -0.2) is 154 Å². The number of benzene rings is 10. The van der Waals surface area contributed by atoms with E-state index < -0.39 is 162 Å². The van der Waals surface area contributed by atoms with Gasteiger partial charge < -0.3 is 62.7 Å². The molecular formula is C98H83F15N2O21. The molecule has 0 radical (unpaired) electrons. The van der Waals surface area contributed by atoms with Gasteiger partial charge in [-0.15, -0.1) is 0 Å². The largest absolute Gasteiger partial charge is 0.462 e. The maximum atomic E-state index is 14.3. The molecule has 0 fully saturated rings. The summed E-state index contributed by atoms with van der Waals surface area (Å²) in [4.78, 5) is 129. The van der Waals surface area contributed by atoms with Crippen molar-refractivity contribution in [2.45, 2.75) is 102 Å². The van der Waals surface area contributed by atoms with Crippen molar-refractivity contribution in [2.75, 3.05) is 64.4 Å². The molecule has 0 heterocycles. The molecule has 0 atom stereocenters. The molecule has 0 amide bonds. The van der Waals surface area contributed by atoms with Crippen LogP contribution < -0.4 is 34.3 Å². The Morgan fingerprint density at radius 2 is 0.537 bits per heavy atom. The van der Waals surface area contributed by atoms with Crippen LogP contribution >= 0.6 is 0 Å². The summed E-state index contributed by atoms with van der Waals surface area (Å²) >= 11 is 0. The molecule has 0 spiro atoms. The van der Waals surface area contributed by atoms with E-state index in [0.29, 0.717) is 45.8 Å². The number of carbonyl (C=O) groups is 10. The fourth-order valence-electron chi connectivity index (χ4n) is 12.2. The molecular weight excluding hydrogens is 1830 g/mol. The molecule has 10 aromatic carbocycles. The smallest absolute Gasteiger partial charge is 0.460 e. The van der Waals surface area contributed by atoms with Crippen LogP contribution in [0.4, 0.5) is 77.2 Å². The minimum absolute atomic E-state index is 0.00895. The van der Waals surface area contributed by atoms with Gasteiger partial charge in [-0.3, -0.25) is 19.2 Å². The molecule has 23 nitrogen and oxygen atoms in total. The number of anilines is 2. The van der Waals surface area contributed by atoms with Gasteiger partial charge in [0.2, 0.25) is 0 Å². The highest BCUT2D eigenvalue weighted by Gasteiger charge is 2.81. The Morgan fingerprint density at radius 1 is 0.287 bits per heavy atom. The quantitative estimate of drug-likeness (QED) is 0.00896. The van der Waals surface area contributed by atoms with Crippen LogP contribution in [0.15, 0.2) is 243 Å². The first-order chi connectivity index (χ1) is 63.9. The average Bonchev–Trinajstić information content (AvgIpc) is 0.748. The lowest BCUT2D eigenvalue weighted by molar-refractivity contribution is -0.397. The van der Waals surface area contributed by atoms with E-state index in [1.807, 2.05) is 43.4 Å². The number of ether oxygens (including phenoxy) is 11. The van der Waals surface area contributed by atoms with Crippen molar-refractivity contribution < 1.29 is 166 Å². The molecule has 10 aromatic rings. The lowest BCUT2D eigenvalue weighted by atomic mass is 9.92. The van der Waals surface area contributed by atoms with E-state index in [2.05, 4.69) is 33.3 Å². The summed E-state index contributed by atoms with van der Waals surface area (Å²) < 4.78 is 262. The zero-order valence-corrected chi connectivity index (χ0v) is 73.0. The van der Waals surface area contributed by atoms with Crippen molar-refractivity contribution >= 4 is 70.3 Å². The number of halogens is 15. The van der Waals surface area contributed by atoms with E-state index in [-0.39, 0.29) is 100 Å². The van der Waals surface area contributed by atoms with Gasteiger partial charge in [-0.2, -0.15) is 65.9 Å². The SMILES string of the molecule is C=C(C)C(=O)OCCOC(=O)c1ccc(Oc2ccc(C(=O)OCCOC(=O)C(=C)C)c(C(=O)Cc3ccc(Oc4ccc(Oc5ccc(NC)cc5)cc4)cc3)c2)cc1C(C)=O.CNc1ccc(Oc2ccc(Oc3ccc(CC(=O)c4cc(-c5ccc(C(=O)OCCC(F)(F)C(F)(F)C(C)(F)F)c(C(C)=O)c5)ccc4C(=O)OCCC(F)(F)C(F)(F)C(F)(F)C(F)(F)F)cc3)cc2)cc1. The summed E-state index contributed by atoms with van der Waals surface area (Å²) in [6.07, 6.45) is -12.4. The van der Waals surface area contributed by atoms with Gasteiger partial charge in [0.15, 0.2) is 23.1 Å². The van der Waals surface area contributed by atoms with Crippen LogP contribution in [0, 0.1) is 0 Å². The van der Waals surface area contributed by atoms with Crippen LogP contribution in [0.5, 0.6) is 57.5 Å². The summed E-state index contributed by atoms with van der Waals surface area (Å²) in [5.74, 6) is -41.3. The Morgan fingerprint density at radius 3 is 0.846 bits per heavy atom. The van der Waals surface area contributed by atoms with Crippen molar-refractivity contribution in [3.05, 3.63) is 298 Å². The third-order valence-corrected chi connectivity index (χ3v) is 19.6. The van der Waals surface area contributed by atoms with E-state index >= 15 is 0 Å². The van der Waals surface area contributed by atoms with E-state index in [1.54, 1.807) is 92.0 Å². The topological polar surface area (TPSA) is 296 Å². The van der Waals surface area contributed by atoms with Gasteiger partial charge in [0.1, 0.15) is 83.9 Å². The highest BCUT2D eigenvalue weighted by molar-refractivity contribution is 6.10. The van der Waals surface area contributed by atoms with Gasteiger partial charge in [-0.1, -0.05) is 49.6 Å². The summed E-state index contributed by atoms with van der Waals surface area (Å²) in [6.45, 7) is 7.32. The maximum absolute atomic E-state index is 14.3. The number of Topliss-reactive ketones (excluding diaryl/α,β-unsaturated/α-hetero) is 4. The summed E-state index contributed by atoms with van der Waals surface area (Å²) in [6, 6.07) is 54.9. The fraction of sp³-hybridized carbons (Fsp3) is 0.245. The van der Waals surface area contributed by atoms with Crippen molar-refractivity contribution in [2.24, 2.45) is 0 Å². The lowest BCUT2D eigenvalue weighted by Gasteiger charge is -2.33. The van der Waals surface area contributed by atoms with Gasteiger partial charge in [0, 0.05) is 78.6 Å². The second-order valence-electron chi connectivity index (χ2n) is 29.9. The van der Waals surface area contributed by atoms with Crippen molar-refractivity contribution in [3.63, 3.8) is 0 Å². The van der Waals surface area contributed by atoms with E-state index in [0.717, 1.165) is 54.7 Å². The highest BCUT2D eigenvalue weighted by Crippen LogP contribution is 2.54. The lowest BCUT2D eigenvalue weighted by Crippen LogP contribution is -2.61. The molecule has 0 bridgehead atoms. The average molecular weight is 1910 g/mol. The number of alkyl halides is 15. The molecule has 136 heavy (non-hydrogen) atoms. The first-order valence-electron chi connectivity index (χ1n) is 40.6. The summed E-state index contributed by atoms with van der Waals surface area (Å²) in [7, 11) is 3.60. The predicted molar refractivity (Wildman–Crippen MR) is 462 cm³/mol. The molecule has 0 aliphatic rings. The molecule has 0 aliphatic heterocycles. The number of hydrogen-bond donors (Lipinski definition) is 2. The van der Waals surface area contributed by atoms with Crippen LogP contribution in [0.25, 0.3) is 11.1 Å². The minimum Gasteiger partial charge on any atom is -0.462 e. The number of nitrogens with one attached hydrogen (secondary N) is 2. The molecule has 0 aromatic heterocycles. The van der Waals surface area contributed by atoms with Gasteiger partial charge >= 0.3 is 77.5 Å². The second kappa shape index (κ2) is 45.0. The number of esters is 6. The first kappa shape index (κ1) is 104. The van der Waals surface area contributed by atoms with Crippen LogP contribution in [-0.2, 0) is 50.9 Å². The standard InChI is InChI=1S/C49H38F15NO8.C49H45NO13/c1-27(66)38-25-29(6-18-36(38)41(68)70-22-20-44(52,53)46(56,57)43(2,50)51)30-7-19-37(42(69)71-23-21-45(54,55)47(58,59)48(60,61)49(62,63)64)39(26-30)40(67)24-28-4-10-32(11-5-28)72-34-14-16-35(17-15-34)73-33-12-8-31(65-3)9-13-33;1-30(2)46(53)57-23-25-59-48(55)41-21-19-39(28-43(41)32(5)51)63-40-20-22-42(49(56)60-26-24-58-47(54)31(3)4)44(29-40)45(52)27-33-7-11-35(12-8-33)61-37-15-17-38(18-16-37)62-36-13-9-34(50-6)10-14-36/h4-19,25-26,65H,20-24H2,1-3H3;7-22,28-29,50H,1,3,23-27H2,2,4-6H3. The number of ketones is 4. The third-order valence-electron chi connectivity index (χ3n) is 19.6. The Bertz CT molecular complexity index is 6050. The number of carbonyl (C=O) groups excluding carboxylic acids is 10. The molecule has 716 valence electrons. The predicted octanol–water partition coefficient (Wildman–Crippen LogP) is 23.4. The zero-order valence-electron chi connectivity index (χ0n) is 73.0. The highest BCUT2D eigenvalue weighted by atomic mass is 19.4. The molecule has 2 N–H and O–H groups in total. The van der Waals surface area contributed by atoms with Crippen LogP contribution in [0.3, 0.4) is 0 Å². The molecule has 0 aliphatic carbocycles. The van der Waals surface area contributed by atoms with Crippen molar-refractivity contribution in [1.29, 1.82) is 0 Å². The zero-order chi connectivity index (χ0) is 100. The maximum Gasteiger partial charge on any atom is 0.460 e. The summed E-state index contributed by atoms with van der Waals surface area (Å²) in [5, 5.41) is 6.04. The van der Waals surface area contributed by atoms with Crippen molar-refractivity contribution in [3.8, 4) is 68.6 Å². The Kier molecular flexibility index (Phi) is 34.5. The number of hydrogen-bond acceptors (Lipinski definition) is 23. The minimum atomic E-state index is -7.22. The third kappa shape index (κ3) is 27.3. The van der Waals surface area contributed by atoms with Crippen LogP contribution in [0.2, 0.25) is 0 Å². The van der Waals surface area contributed by atoms with E-state index in [4.69, 9.17) is 42.6 Å². The van der Waals surface area contributed by atoms with Crippen LogP contribution in [0.1, 0.15) is 141 Å². The normalized spacial score (nSPS) is 11.7. The monoisotopic (exact) mass is 1910 g/mol. The molecule has 0 saturated heterocycles. The Hall–Kier alpha value is -15.3. The van der Waals surface area contributed by atoms with Gasteiger partial charge in [0.25, 0.3) is 0 Å².